The van der Waals surface area contributed by atoms with E-state index >= 15 is 0 Å². The van der Waals surface area contributed by atoms with E-state index in [-0.39, 0.29) is 11.4 Å². The third kappa shape index (κ3) is 3.35. The molecule has 3 heteroatoms. The van der Waals surface area contributed by atoms with E-state index < -0.39 is 0 Å². The van der Waals surface area contributed by atoms with E-state index in [2.05, 4.69) is 20.8 Å². The first-order valence-electron chi connectivity index (χ1n) is 7.54. The van der Waals surface area contributed by atoms with Crippen LogP contribution in [-0.4, -0.2) is 5.54 Å². The maximum absolute atomic E-state index is 14.1. The smallest absolute Gasteiger partial charge is 0.127 e. The molecule has 0 saturated heterocycles. The van der Waals surface area contributed by atoms with Gasteiger partial charge in [0.25, 0.3) is 0 Å². The summed E-state index contributed by atoms with van der Waals surface area (Å²) in [7, 11) is 0. The van der Waals surface area contributed by atoms with Gasteiger partial charge >= 0.3 is 0 Å². The van der Waals surface area contributed by atoms with Crippen LogP contribution < -0.4 is 5.73 Å². The highest BCUT2D eigenvalue weighted by molar-refractivity contribution is 6.30. The highest BCUT2D eigenvalue weighted by Crippen LogP contribution is 2.41. The van der Waals surface area contributed by atoms with Gasteiger partial charge in [-0.3, -0.25) is 0 Å². The van der Waals surface area contributed by atoms with Crippen molar-refractivity contribution in [3.05, 3.63) is 34.6 Å². The van der Waals surface area contributed by atoms with Crippen molar-refractivity contribution in [2.24, 2.45) is 23.5 Å². The van der Waals surface area contributed by atoms with Crippen LogP contribution in [0.1, 0.15) is 45.6 Å². The van der Waals surface area contributed by atoms with Crippen LogP contribution in [0.2, 0.25) is 5.02 Å². The summed E-state index contributed by atoms with van der Waals surface area (Å²) in [6.45, 7) is 6.69. The second kappa shape index (κ2) is 6.03. The Balaban J connectivity index is 2.26. The molecule has 1 fully saturated rings. The number of benzene rings is 1. The first-order valence-corrected chi connectivity index (χ1v) is 7.92. The fraction of sp³-hybridized carbons (Fsp3) is 0.647. The lowest BCUT2D eigenvalue weighted by Crippen LogP contribution is -2.54. The zero-order valence-corrected chi connectivity index (χ0v) is 13.4. The average molecular weight is 298 g/mol. The maximum Gasteiger partial charge on any atom is 0.127 e. The third-order valence-electron chi connectivity index (χ3n) is 4.78. The molecule has 3 atom stereocenters. The second-order valence-electron chi connectivity index (χ2n) is 6.88. The molecule has 1 nitrogen and oxygen atoms in total. The van der Waals surface area contributed by atoms with Crippen molar-refractivity contribution in [1.82, 2.24) is 0 Å². The molecule has 1 aromatic carbocycles. The average Bonchev–Trinajstić information content (AvgIpc) is 2.32. The fourth-order valence-electron chi connectivity index (χ4n) is 3.87. The Bertz CT molecular complexity index is 474. The van der Waals surface area contributed by atoms with Crippen molar-refractivity contribution < 1.29 is 4.39 Å². The van der Waals surface area contributed by atoms with E-state index in [9.17, 15) is 4.39 Å². The van der Waals surface area contributed by atoms with Crippen LogP contribution in [0.4, 0.5) is 4.39 Å². The molecule has 0 radical (unpaired) electrons. The Morgan fingerprint density at radius 2 is 2.10 bits per heavy atom. The van der Waals surface area contributed by atoms with Gasteiger partial charge in [0.1, 0.15) is 5.82 Å². The number of hydrogen-bond donors (Lipinski definition) is 1. The van der Waals surface area contributed by atoms with Crippen molar-refractivity contribution in [3.8, 4) is 0 Å². The molecule has 1 aliphatic rings. The Morgan fingerprint density at radius 1 is 1.40 bits per heavy atom. The zero-order chi connectivity index (χ0) is 14.9. The van der Waals surface area contributed by atoms with E-state index in [0.717, 1.165) is 12.8 Å². The van der Waals surface area contributed by atoms with E-state index in [4.69, 9.17) is 17.3 Å². The van der Waals surface area contributed by atoms with E-state index in [1.54, 1.807) is 12.1 Å². The van der Waals surface area contributed by atoms with E-state index in [0.29, 0.717) is 34.8 Å². The highest BCUT2D eigenvalue weighted by Gasteiger charge is 2.41. The van der Waals surface area contributed by atoms with Crippen molar-refractivity contribution >= 4 is 11.6 Å². The number of halogens is 2. The first-order chi connectivity index (χ1) is 9.32. The van der Waals surface area contributed by atoms with Gasteiger partial charge in [-0.1, -0.05) is 44.9 Å². The molecule has 0 amide bonds. The summed E-state index contributed by atoms with van der Waals surface area (Å²) in [6.07, 6.45) is 3.94. The highest BCUT2D eigenvalue weighted by atomic mass is 35.5. The minimum Gasteiger partial charge on any atom is -0.325 e. The van der Waals surface area contributed by atoms with Gasteiger partial charge in [0.2, 0.25) is 0 Å². The molecular formula is C17H25ClFN. The van der Waals surface area contributed by atoms with Crippen LogP contribution in [0.25, 0.3) is 0 Å². The van der Waals surface area contributed by atoms with Crippen LogP contribution in [0.5, 0.6) is 0 Å². The van der Waals surface area contributed by atoms with Crippen molar-refractivity contribution in [3.63, 3.8) is 0 Å². The van der Waals surface area contributed by atoms with Gasteiger partial charge in [0, 0.05) is 10.6 Å². The fourth-order valence-corrected chi connectivity index (χ4v) is 4.03. The molecule has 1 saturated carbocycles. The molecular weight excluding hydrogens is 273 g/mol. The summed E-state index contributed by atoms with van der Waals surface area (Å²) in [6, 6.07) is 4.92. The van der Waals surface area contributed by atoms with Crippen LogP contribution >= 0.6 is 11.6 Å². The maximum atomic E-state index is 14.1. The molecule has 0 bridgehead atoms. The summed E-state index contributed by atoms with van der Waals surface area (Å²) in [5, 5.41) is 0.440. The van der Waals surface area contributed by atoms with Gasteiger partial charge in [0.05, 0.1) is 0 Å². The summed E-state index contributed by atoms with van der Waals surface area (Å²) in [5.41, 5.74) is 7.12. The standard InChI is InChI=1S/C17H25ClFN/c1-11(2)15-7-4-12(3)9-17(15,20)10-13-5-6-14(18)8-16(13)19/h5-6,8,11-12,15H,4,7,9-10,20H2,1-3H3. The molecule has 112 valence electrons. The summed E-state index contributed by atoms with van der Waals surface area (Å²) in [4.78, 5) is 0. The van der Waals surface area contributed by atoms with Gasteiger partial charge in [-0.25, -0.2) is 4.39 Å². The lowest BCUT2D eigenvalue weighted by molar-refractivity contribution is 0.108. The molecule has 0 heterocycles. The molecule has 3 unspecified atom stereocenters. The van der Waals surface area contributed by atoms with Gasteiger partial charge in [-0.15, -0.1) is 0 Å². The molecule has 20 heavy (non-hydrogen) atoms. The van der Waals surface area contributed by atoms with Crippen molar-refractivity contribution in [2.45, 2.75) is 52.0 Å². The summed E-state index contributed by atoms with van der Waals surface area (Å²) < 4.78 is 14.1. The number of hydrogen-bond acceptors (Lipinski definition) is 1. The van der Waals surface area contributed by atoms with Crippen molar-refractivity contribution in [2.75, 3.05) is 0 Å². The third-order valence-corrected chi connectivity index (χ3v) is 5.01. The normalized spacial score (nSPS) is 30.8. The lowest BCUT2D eigenvalue weighted by atomic mass is 9.63. The number of nitrogens with two attached hydrogens (primary N) is 1. The summed E-state index contributed by atoms with van der Waals surface area (Å²) in [5.74, 6) is 1.37. The monoisotopic (exact) mass is 297 g/mol. The van der Waals surface area contributed by atoms with E-state index in [1.807, 2.05) is 0 Å². The largest absolute Gasteiger partial charge is 0.325 e. The predicted molar refractivity (Wildman–Crippen MR) is 83.4 cm³/mol. The first kappa shape index (κ1) is 15.8. The van der Waals surface area contributed by atoms with Crippen LogP contribution in [0.15, 0.2) is 18.2 Å². The molecule has 1 aromatic rings. The van der Waals surface area contributed by atoms with Crippen LogP contribution in [-0.2, 0) is 6.42 Å². The van der Waals surface area contributed by atoms with Gasteiger partial charge < -0.3 is 5.73 Å². The molecule has 0 spiro atoms. The van der Waals surface area contributed by atoms with Gasteiger partial charge in [-0.2, -0.15) is 0 Å². The van der Waals surface area contributed by atoms with Crippen molar-refractivity contribution in [1.29, 1.82) is 0 Å². The molecule has 1 aliphatic carbocycles. The molecule has 0 aromatic heterocycles. The Hall–Kier alpha value is -0.600. The predicted octanol–water partition coefficient (Wildman–Crippen LogP) is 4.81. The Kier molecular flexibility index (Phi) is 4.76. The molecule has 2 rings (SSSR count). The Morgan fingerprint density at radius 3 is 2.70 bits per heavy atom. The second-order valence-corrected chi connectivity index (χ2v) is 7.32. The SMILES string of the molecule is CC1CCC(C(C)C)C(N)(Cc2ccc(Cl)cc2F)C1. The quantitative estimate of drug-likeness (QED) is 0.851. The minimum absolute atomic E-state index is 0.233. The summed E-state index contributed by atoms with van der Waals surface area (Å²) >= 11 is 5.83. The van der Waals surface area contributed by atoms with Gasteiger partial charge in [-0.05, 0) is 54.7 Å². The molecule has 2 N–H and O–H groups in total. The van der Waals surface area contributed by atoms with Crippen LogP contribution in [0, 0.1) is 23.6 Å². The number of rotatable bonds is 3. The minimum atomic E-state index is -0.305. The topological polar surface area (TPSA) is 26.0 Å². The zero-order valence-electron chi connectivity index (χ0n) is 12.6. The lowest BCUT2D eigenvalue weighted by Gasteiger charge is -2.46. The molecule has 0 aliphatic heterocycles. The Labute approximate surface area is 126 Å². The van der Waals surface area contributed by atoms with E-state index in [1.165, 1.54) is 12.5 Å². The van der Waals surface area contributed by atoms with Gasteiger partial charge in [0.15, 0.2) is 0 Å². The van der Waals surface area contributed by atoms with Crippen LogP contribution in [0.3, 0.4) is 0 Å².